The Morgan fingerprint density at radius 3 is 1.41 bits per heavy atom. The summed E-state index contributed by atoms with van der Waals surface area (Å²) in [6.45, 7) is 25.7. The Bertz CT molecular complexity index is 2070. The molecule has 10 bridgehead atoms. The molecule has 11 rings (SSSR count). The molecule has 0 aromatic heterocycles. The second kappa shape index (κ2) is 24.6. The van der Waals surface area contributed by atoms with Crippen molar-refractivity contribution in [2.75, 3.05) is 13.7 Å². The normalized spacial score (nSPS) is 34.1. The van der Waals surface area contributed by atoms with E-state index in [2.05, 4.69) is 18.6 Å². The van der Waals surface area contributed by atoms with E-state index >= 15 is 0 Å². The van der Waals surface area contributed by atoms with Crippen molar-refractivity contribution in [3.8, 4) is 0 Å². The number of alkyl halides is 6. The van der Waals surface area contributed by atoms with Crippen LogP contribution < -0.4 is 0 Å². The van der Waals surface area contributed by atoms with Crippen LogP contribution in [-0.4, -0.2) is 94.6 Å². The van der Waals surface area contributed by atoms with Crippen molar-refractivity contribution in [2.24, 2.45) is 74.9 Å². The highest BCUT2D eigenvalue weighted by Crippen LogP contribution is 2.61. The first-order chi connectivity index (χ1) is 36.1. The van der Waals surface area contributed by atoms with E-state index in [9.17, 15) is 55.4 Å². The van der Waals surface area contributed by atoms with Crippen LogP contribution in [0.5, 0.6) is 0 Å². The number of carbonyl (C=O) groups excluding carboxylic acids is 5. The van der Waals surface area contributed by atoms with Gasteiger partial charge in [0.25, 0.3) is 5.60 Å². The predicted octanol–water partition coefficient (Wildman–Crippen LogP) is 13.8. The third kappa shape index (κ3) is 15.5. The highest BCUT2D eigenvalue weighted by atomic mass is 19.4. The maximum absolute atomic E-state index is 12.5. The first-order valence-corrected chi connectivity index (χ1v) is 29.7. The quantitative estimate of drug-likeness (QED) is 0.102. The van der Waals surface area contributed by atoms with Gasteiger partial charge in [0.05, 0.1) is 40.8 Å². The molecule has 0 amide bonds. The van der Waals surface area contributed by atoms with E-state index in [1.54, 1.807) is 0 Å². The van der Waals surface area contributed by atoms with E-state index in [1.807, 2.05) is 76.2 Å². The summed E-state index contributed by atoms with van der Waals surface area (Å²) in [7, 11) is 1.42. The first kappa shape index (κ1) is 66.6. The first-order valence-electron chi connectivity index (χ1n) is 29.7. The zero-order valence-corrected chi connectivity index (χ0v) is 50.1. The summed E-state index contributed by atoms with van der Waals surface area (Å²) in [6.07, 6.45) is 5.30. The Morgan fingerprint density at radius 2 is 1.04 bits per heavy atom. The lowest BCUT2D eigenvalue weighted by molar-refractivity contribution is -0.373. The number of halogens is 6. The van der Waals surface area contributed by atoms with Crippen molar-refractivity contribution in [1.82, 2.24) is 0 Å². The van der Waals surface area contributed by atoms with Crippen LogP contribution in [0.15, 0.2) is 0 Å². The molecule has 0 radical (unpaired) electrons. The SMILES string of the molecule is CCC(C)(C)C(=O)OC.CCC(C)(C)C(=O)OC1(C)C2CC3CC(C2)CC1C3.CCC(C)(C)C(=O)OC12CC3CC(CC(O)(C3)C1)C2.CCC(C)(C)C(=O)OC1COC(=O)C1.OC(CC1CC2CCC1C2)(C(F)(F)F)C(F)(F)F. The number of methoxy groups -OCH3 is 1. The molecule has 10 saturated carbocycles. The number of aliphatic hydroxyl groups is 2. The number of fused-ring (bicyclic) bond motifs is 2. The lowest BCUT2D eigenvalue weighted by Crippen LogP contribution is -2.61. The van der Waals surface area contributed by atoms with Crippen molar-refractivity contribution in [2.45, 2.75) is 266 Å². The van der Waals surface area contributed by atoms with E-state index < -0.39 is 46.7 Å². The molecule has 11 aliphatic rings. The molecule has 6 atom stereocenters. The van der Waals surface area contributed by atoms with Crippen molar-refractivity contribution in [3.63, 3.8) is 0 Å². The van der Waals surface area contributed by atoms with Gasteiger partial charge in [0.1, 0.15) is 23.9 Å². The third-order valence-electron chi connectivity index (χ3n) is 20.8. The van der Waals surface area contributed by atoms with E-state index in [0.717, 1.165) is 63.2 Å². The van der Waals surface area contributed by atoms with Crippen LogP contribution >= 0.6 is 0 Å². The van der Waals surface area contributed by atoms with E-state index in [-0.39, 0.29) is 82.8 Å². The zero-order valence-electron chi connectivity index (χ0n) is 50.1. The van der Waals surface area contributed by atoms with Crippen LogP contribution in [0.2, 0.25) is 0 Å². The Hall–Kier alpha value is -3.15. The summed E-state index contributed by atoms with van der Waals surface area (Å²) in [4.78, 5) is 58.0. The number of rotatable bonds is 13. The van der Waals surface area contributed by atoms with Gasteiger partial charge >= 0.3 is 42.2 Å². The summed E-state index contributed by atoms with van der Waals surface area (Å²) < 4.78 is 102. The molecule has 0 spiro atoms. The molecule has 1 heterocycles. The van der Waals surface area contributed by atoms with Gasteiger partial charge in [0, 0.05) is 6.42 Å². The second-order valence-electron chi connectivity index (χ2n) is 28.5. The largest absolute Gasteiger partial charge is 0.469 e. The number of cyclic esters (lactones) is 1. The van der Waals surface area contributed by atoms with Gasteiger partial charge in [-0.15, -0.1) is 0 Å². The lowest BCUT2D eigenvalue weighted by atomic mass is 9.50. The maximum atomic E-state index is 12.5. The van der Waals surface area contributed by atoms with Crippen molar-refractivity contribution >= 4 is 29.8 Å². The number of ether oxygens (including phenoxy) is 5. The minimum Gasteiger partial charge on any atom is -0.469 e. The van der Waals surface area contributed by atoms with E-state index in [4.69, 9.17) is 24.1 Å². The molecule has 1 aliphatic heterocycles. The summed E-state index contributed by atoms with van der Waals surface area (Å²) in [5.74, 6) is 2.94. The molecule has 18 heteroatoms. The minimum atomic E-state index is -5.67. The average molecular weight is 1140 g/mol. The van der Waals surface area contributed by atoms with Gasteiger partial charge in [-0.3, -0.25) is 24.0 Å². The second-order valence-corrected chi connectivity index (χ2v) is 28.5. The fourth-order valence-electron chi connectivity index (χ4n) is 14.3. The Balaban J connectivity index is 0.000000186. The summed E-state index contributed by atoms with van der Waals surface area (Å²) in [6, 6.07) is 0. The fraction of sp³-hybridized carbons (Fsp3) is 0.918. The van der Waals surface area contributed by atoms with Crippen LogP contribution in [0.3, 0.4) is 0 Å². The van der Waals surface area contributed by atoms with Crippen molar-refractivity contribution < 1.29 is 84.2 Å². The molecule has 2 N–H and O–H groups in total. The molecular formula is C61H98F6O12. The average Bonchev–Trinajstić information content (AvgIpc) is 4.16. The molecule has 6 unspecified atom stereocenters. The molecule has 1 saturated heterocycles. The van der Waals surface area contributed by atoms with Crippen molar-refractivity contribution in [1.29, 1.82) is 0 Å². The molecule has 12 nitrogen and oxygen atoms in total. The van der Waals surface area contributed by atoms with Gasteiger partial charge < -0.3 is 33.9 Å². The van der Waals surface area contributed by atoms with E-state index in [1.165, 1.54) is 45.6 Å². The number of esters is 5. The van der Waals surface area contributed by atoms with E-state index in [0.29, 0.717) is 55.8 Å². The lowest BCUT2D eigenvalue weighted by Gasteiger charge is -2.59. The van der Waals surface area contributed by atoms with Gasteiger partial charge in [-0.1, -0.05) is 34.1 Å². The number of hydrogen-bond acceptors (Lipinski definition) is 12. The molecule has 456 valence electrons. The fourth-order valence-corrected chi connectivity index (χ4v) is 14.3. The predicted molar refractivity (Wildman–Crippen MR) is 284 cm³/mol. The summed E-state index contributed by atoms with van der Waals surface area (Å²) in [5, 5.41) is 19.8. The summed E-state index contributed by atoms with van der Waals surface area (Å²) in [5.41, 5.74) is -7.18. The molecule has 0 aromatic rings. The van der Waals surface area contributed by atoms with Gasteiger partial charge in [0.15, 0.2) is 0 Å². The smallest absolute Gasteiger partial charge is 0.426 e. The summed E-state index contributed by atoms with van der Waals surface area (Å²) >= 11 is 0. The maximum Gasteiger partial charge on any atom is 0.426 e. The third-order valence-corrected chi connectivity index (χ3v) is 20.8. The highest BCUT2D eigenvalue weighted by molar-refractivity contribution is 5.78. The Kier molecular flexibility index (Phi) is 20.7. The monoisotopic (exact) mass is 1140 g/mol. The molecule has 10 aliphatic carbocycles. The van der Waals surface area contributed by atoms with Crippen LogP contribution in [0.25, 0.3) is 0 Å². The van der Waals surface area contributed by atoms with Crippen LogP contribution in [0.1, 0.15) is 225 Å². The molecular weight excluding hydrogens is 1040 g/mol. The van der Waals surface area contributed by atoms with Gasteiger partial charge in [0.2, 0.25) is 0 Å². The van der Waals surface area contributed by atoms with Crippen LogP contribution in [0.4, 0.5) is 26.3 Å². The van der Waals surface area contributed by atoms with Crippen LogP contribution in [0, 0.1) is 74.9 Å². The molecule has 79 heavy (non-hydrogen) atoms. The topological polar surface area (TPSA) is 172 Å². The molecule has 0 aromatic carbocycles. The van der Waals surface area contributed by atoms with Crippen LogP contribution in [-0.2, 0) is 47.7 Å². The Morgan fingerprint density at radius 1 is 0.595 bits per heavy atom. The minimum absolute atomic E-state index is 0.0185. The number of hydrogen-bond donors (Lipinski definition) is 2. The van der Waals surface area contributed by atoms with Crippen molar-refractivity contribution in [3.05, 3.63) is 0 Å². The number of carbonyl (C=O) groups is 5. The highest BCUT2D eigenvalue weighted by Gasteiger charge is 2.71. The van der Waals surface area contributed by atoms with Gasteiger partial charge in [-0.25, -0.2) is 0 Å². The van der Waals surface area contributed by atoms with Gasteiger partial charge in [-0.05, 0) is 231 Å². The van der Waals surface area contributed by atoms with Gasteiger partial charge in [-0.2, -0.15) is 26.3 Å². The zero-order chi connectivity index (χ0) is 59.8. The Labute approximate surface area is 467 Å². The molecule has 11 fully saturated rings. The standard InChI is InChI=1S/C17H28O2.C16H26O3.C11H14F6O.C10H16O4.C7H14O2/c1-5-16(2,3)15(18)19-17(4)13-7-11-6-12(9-13)10-14(17)8-11;1-4-14(2,3)13(17)19-16-8-11-5-12(9-16)7-15(18,6-11)10-16;12-10(13,14)9(18,11(15,16)17)5-8-4-6-1-2-7(8)3-6;1-4-10(2,3)9(12)14-7-5-8(11)13-6-7;1-5-7(2,3)6(8)9-4/h11-14H,5-10H2,1-4H3;11-12,18H,4-10H2,1-3H3;6-8,18H,1-5H2;7H,4-6H2,1-3H3;5H2,1-4H3.